The van der Waals surface area contributed by atoms with Crippen LogP contribution in [0, 0.1) is 11.7 Å². The Labute approximate surface area is 136 Å². The SMILES string of the molecule is C=CCNC(=O)C1CCN(S(=O)(=O)Cc2ccccc2F)CC1. The third-order valence-electron chi connectivity index (χ3n) is 3.93. The molecule has 0 atom stereocenters. The van der Waals surface area contributed by atoms with Crippen LogP contribution >= 0.6 is 0 Å². The lowest BCUT2D eigenvalue weighted by Crippen LogP contribution is -2.43. The van der Waals surface area contributed by atoms with E-state index in [-0.39, 0.29) is 36.2 Å². The highest BCUT2D eigenvalue weighted by atomic mass is 32.2. The van der Waals surface area contributed by atoms with Gasteiger partial charge in [-0.1, -0.05) is 24.3 Å². The van der Waals surface area contributed by atoms with Crippen molar-refractivity contribution in [3.63, 3.8) is 0 Å². The predicted octanol–water partition coefficient (Wildman–Crippen LogP) is 1.67. The Balaban J connectivity index is 1.95. The van der Waals surface area contributed by atoms with Crippen LogP contribution in [0.4, 0.5) is 4.39 Å². The zero-order valence-corrected chi connectivity index (χ0v) is 13.7. The summed E-state index contributed by atoms with van der Waals surface area (Å²) in [7, 11) is -3.58. The number of rotatable bonds is 6. The second kappa shape index (κ2) is 7.70. The molecule has 23 heavy (non-hydrogen) atoms. The summed E-state index contributed by atoms with van der Waals surface area (Å²) in [5, 5.41) is 2.73. The van der Waals surface area contributed by atoms with Gasteiger partial charge in [0.2, 0.25) is 15.9 Å². The van der Waals surface area contributed by atoms with Crippen molar-refractivity contribution in [1.29, 1.82) is 0 Å². The number of hydrogen-bond donors (Lipinski definition) is 1. The van der Waals surface area contributed by atoms with E-state index in [9.17, 15) is 17.6 Å². The zero-order valence-electron chi connectivity index (χ0n) is 12.9. The van der Waals surface area contributed by atoms with Crippen molar-refractivity contribution >= 4 is 15.9 Å². The van der Waals surface area contributed by atoms with Gasteiger partial charge in [-0.25, -0.2) is 17.1 Å². The number of carbonyl (C=O) groups excluding carboxylic acids is 1. The van der Waals surface area contributed by atoms with Crippen LogP contribution in [0.5, 0.6) is 0 Å². The lowest BCUT2D eigenvalue weighted by atomic mass is 9.97. The maximum Gasteiger partial charge on any atom is 0.223 e. The second-order valence-electron chi connectivity index (χ2n) is 5.55. The Morgan fingerprint density at radius 3 is 2.61 bits per heavy atom. The average Bonchev–Trinajstić information content (AvgIpc) is 2.55. The summed E-state index contributed by atoms with van der Waals surface area (Å²) < 4.78 is 39.8. The Morgan fingerprint density at radius 1 is 1.35 bits per heavy atom. The van der Waals surface area contributed by atoms with Gasteiger partial charge in [0.15, 0.2) is 0 Å². The van der Waals surface area contributed by atoms with Crippen molar-refractivity contribution in [1.82, 2.24) is 9.62 Å². The number of amides is 1. The molecule has 1 N–H and O–H groups in total. The molecule has 1 aromatic rings. The summed E-state index contributed by atoms with van der Waals surface area (Å²) in [4.78, 5) is 11.9. The molecule has 1 aliphatic heterocycles. The first-order valence-corrected chi connectivity index (χ1v) is 9.15. The molecule has 5 nitrogen and oxygen atoms in total. The molecule has 1 aromatic carbocycles. The molecular formula is C16H21FN2O3S. The number of nitrogens with zero attached hydrogens (tertiary/aromatic N) is 1. The molecule has 1 saturated heterocycles. The average molecular weight is 340 g/mol. The minimum atomic E-state index is -3.58. The molecule has 0 spiro atoms. The molecule has 7 heteroatoms. The number of piperidine rings is 1. The highest BCUT2D eigenvalue weighted by Crippen LogP contribution is 2.22. The van der Waals surface area contributed by atoms with Crippen LogP contribution in [0.2, 0.25) is 0 Å². The van der Waals surface area contributed by atoms with Crippen LogP contribution in [-0.2, 0) is 20.6 Å². The van der Waals surface area contributed by atoms with Gasteiger partial charge in [-0.05, 0) is 18.9 Å². The molecule has 0 unspecified atom stereocenters. The van der Waals surface area contributed by atoms with Gasteiger partial charge >= 0.3 is 0 Å². The molecular weight excluding hydrogens is 319 g/mol. The molecule has 0 radical (unpaired) electrons. The fourth-order valence-electron chi connectivity index (χ4n) is 2.62. The first-order chi connectivity index (χ1) is 10.9. The number of nitrogens with one attached hydrogen (secondary N) is 1. The van der Waals surface area contributed by atoms with Crippen LogP contribution in [0.15, 0.2) is 36.9 Å². The standard InChI is InChI=1S/C16H21FN2O3S/c1-2-9-18-16(20)13-7-10-19(11-8-13)23(21,22)12-14-5-3-4-6-15(14)17/h2-6,13H,1,7-12H2,(H,18,20). The molecule has 126 valence electrons. The van der Waals surface area contributed by atoms with Gasteiger partial charge in [0.05, 0.1) is 5.75 Å². The quantitative estimate of drug-likeness (QED) is 0.801. The predicted molar refractivity (Wildman–Crippen MR) is 86.5 cm³/mol. The molecule has 1 fully saturated rings. The lowest BCUT2D eigenvalue weighted by molar-refractivity contribution is -0.125. The molecule has 2 rings (SSSR count). The summed E-state index contributed by atoms with van der Waals surface area (Å²) in [6.07, 6.45) is 2.55. The van der Waals surface area contributed by atoms with E-state index in [0.29, 0.717) is 19.4 Å². The highest BCUT2D eigenvalue weighted by molar-refractivity contribution is 7.88. The summed E-state index contributed by atoms with van der Waals surface area (Å²) in [6.45, 7) is 4.51. The molecule has 0 aliphatic carbocycles. The Bertz CT molecular complexity index is 668. The van der Waals surface area contributed by atoms with Gasteiger partial charge in [0, 0.05) is 31.1 Å². The Morgan fingerprint density at radius 2 is 2.00 bits per heavy atom. The van der Waals surface area contributed by atoms with E-state index >= 15 is 0 Å². The number of sulfonamides is 1. The van der Waals surface area contributed by atoms with Gasteiger partial charge in [-0.2, -0.15) is 0 Å². The van der Waals surface area contributed by atoms with Crippen molar-refractivity contribution in [3.05, 3.63) is 48.3 Å². The summed E-state index contributed by atoms with van der Waals surface area (Å²) in [5.41, 5.74) is 0.165. The molecule has 1 aliphatic rings. The van der Waals surface area contributed by atoms with Crippen molar-refractivity contribution < 1.29 is 17.6 Å². The van der Waals surface area contributed by atoms with Crippen molar-refractivity contribution in [2.75, 3.05) is 19.6 Å². The van der Waals surface area contributed by atoms with Crippen LogP contribution in [0.3, 0.4) is 0 Å². The largest absolute Gasteiger partial charge is 0.352 e. The fourth-order valence-corrected chi connectivity index (χ4v) is 4.19. The lowest BCUT2D eigenvalue weighted by Gasteiger charge is -2.30. The molecule has 1 heterocycles. The third kappa shape index (κ3) is 4.62. The van der Waals surface area contributed by atoms with Gasteiger partial charge in [0.25, 0.3) is 0 Å². The number of carbonyl (C=O) groups is 1. The highest BCUT2D eigenvalue weighted by Gasteiger charge is 2.31. The Hall–Kier alpha value is -1.73. The topological polar surface area (TPSA) is 66.5 Å². The van der Waals surface area contributed by atoms with Crippen molar-refractivity contribution in [2.45, 2.75) is 18.6 Å². The van der Waals surface area contributed by atoms with Gasteiger partial charge in [-0.15, -0.1) is 6.58 Å². The van der Waals surface area contributed by atoms with E-state index < -0.39 is 15.8 Å². The van der Waals surface area contributed by atoms with Crippen LogP contribution in [0.25, 0.3) is 0 Å². The van der Waals surface area contributed by atoms with E-state index in [4.69, 9.17) is 0 Å². The van der Waals surface area contributed by atoms with Crippen LogP contribution < -0.4 is 5.32 Å². The molecule has 1 amide bonds. The molecule has 0 saturated carbocycles. The fraction of sp³-hybridized carbons (Fsp3) is 0.438. The minimum absolute atomic E-state index is 0.0731. The summed E-state index contributed by atoms with van der Waals surface area (Å²) in [5.74, 6) is -1.13. The van der Waals surface area contributed by atoms with E-state index in [2.05, 4.69) is 11.9 Å². The maximum atomic E-state index is 13.6. The van der Waals surface area contributed by atoms with Crippen LogP contribution in [0.1, 0.15) is 18.4 Å². The molecule has 0 bridgehead atoms. The first kappa shape index (κ1) is 17.6. The second-order valence-corrected chi connectivity index (χ2v) is 7.52. The van der Waals surface area contributed by atoms with Crippen molar-refractivity contribution in [3.8, 4) is 0 Å². The smallest absolute Gasteiger partial charge is 0.223 e. The van der Waals surface area contributed by atoms with Crippen molar-refractivity contribution in [2.24, 2.45) is 5.92 Å². The Kier molecular flexibility index (Phi) is 5.90. The van der Waals surface area contributed by atoms with E-state index in [1.54, 1.807) is 12.1 Å². The monoisotopic (exact) mass is 340 g/mol. The number of benzene rings is 1. The van der Waals surface area contributed by atoms with E-state index in [1.807, 2.05) is 0 Å². The van der Waals surface area contributed by atoms with Gasteiger partial charge < -0.3 is 5.32 Å². The number of hydrogen-bond acceptors (Lipinski definition) is 3. The maximum absolute atomic E-state index is 13.6. The van der Waals surface area contributed by atoms with E-state index in [1.165, 1.54) is 22.5 Å². The minimum Gasteiger partial charge on any atom is -0.352 e. The number of halogens is 1. The van der Waals surface area contributed by atoms with E-state index in [0.717, 1.165) is 0 Å². The molecule has 0 aromatic heterocycles. The summed E-state index contributed by atoms with van der Waals surface area (Å²) >= 11 is 0. The van der Waals surface area contributed by atoms with Gasteiger partial charge in [-0.3, -0.25) is 4.79 Å². The third-order valence-corrected chi connectivity index (χ3v) is 5.76. The normalized spacial score (nSPS) is 16.9. The first-order valence-electron chi connectivity index (χ1n) is 7.54. The van der Waals surface area contributed by atoms with Crippen LogP contribution in [-0.4, -0.2) is 38.3 Å². The summed E-state index contributed by atoms with van der Waals surface area (Å²) in [6, 6.07) is 5.87. The zero-order chi connectivity index (χ0) is 16.9. The van der Waals surface area contributed by atoms with Gasteiger partial charge in [0.1, 0.15) is 5.82 Å².